The van der Waals surface area contributed by atoms with Gasteiger partial charge in [0, 0.05) is 5.69 Å². The molecule has 3 N–H and O–H groups in total. The van der Waals surface area contributed by atoms with E-state index in [1.54, 1.807) is 0 Å². The van der Waals surface area contributed by atoms with Crippen molar-refractivity contribution in [2.45, 2.75) is 49.8 Å². The molecule has 1 aromatic rings. The van der Waals surface area contributed by atoms with E-state index in [4.69, 9.17) is 5.14 Å². The molecule has 0 atom stereocenters. The number of nitrogens with zero attached hydrogens (tertiary/aromatic N) is 1. The second kappa shape index (κ2) is 9.10. The summed E-state index contributed by atoms with van der Waals surface area (Å²) >= 11 is 0.914. The lowest BCUT2D eigenvalue weighted by molar-refractivity contribution is -0.127. The first kappa shape index (κ1) is 21.5. The third-order valence-electron chi connectivity index (χ3n) is 4.90. The molecule has 3 amide bonds. The number of benzene rings is 1. The molecule has 3 rings (SSSR count). The van der Waals surface area contributed by atoms with Crippen molar-refractivity contribution in [3.63, 3.8) is 0 Å². The van der Waals surface area contributed by atoms with Crippen LogP contribution in [0, 0.1) is 0 Å². The minimum atomic E-state index is -3.82. The first-order chi connectivity index (χ1) is 13.8. The summed E-state index contributed by atoms with van der Waals surface area (Å²) in [6.07, 6.45) is 7.11. The van der Waals surface area contributed by atoms with Gasteiger partial charge in [0.05, 0.1) is 9.80 Å². The Morgan fingerprint density at radius 3 is 2.21 bits per heavy atom. The van der Waals surface area contributed by atoms with E-state index in [0.29, 0.717) is 10.6 Å². The lowest BCUT2D eigenvalue weighted by Gasteiger charge is -2.15. The van der Waals surface area contributed by atoms with Crippen LogP contribution in [0.15, 0.2) is 39.6 Å². The fourth-order valence-electron chi connectivity index (χ4n) is 3.38. The van der Waals surface area contributed by atoms with Gasteiger partial charge in [-0.15, -0.1) is 0 Å². The maximum Gasteiger partial charge on any atom is 0.294 e. The number of hydrogen-bond donors (Lipinski definition) is 2. The van der Waals surface area contributed by atoms with Gasteiger partial charge in [0.15, 0.2) is 0 Å². The number of nitrogens with one attached hydrogen (secondary N) is 1. The lowest BCUT2D eigenvalue weighted by Crippen LogP contribution is -2.36. The number of carbonyl (C=O) groups is 3. The fourth-order valence-corrected chi connectivity index (χ4v) is 4.88. The van der Waals surface area contributed by atoms with E-state index in [1.807, 2.05) is 0 Å². The molecule has 0 aromatic heterocycles. The van der Waals surface area contributed by atoms with Crippen molar-refractivity contribution < 1.29 is 22.8 Å². The third kappa shape index (κ3) is 5.46. The molecule has 0 radical (unpaired) electrons. The van der Waals surface area contributed by atoms with Crippen LogP contribution < -0.4 is 10.5 Å². The van der Waals surface area contributed by atoms with Crippen LogP contribution in [0.25, 0.3) is 0 Å². The van der Waals surface area contributed by atoms with Crippen LogP contribution in [0.1, 0.15) is 44.9 Å². The van der Waals surface area contributed by atoms with Gasteiger partial charge in [-0.2, -0.15) is 0 Å². The summed E-state index contributed by atoms with van der Waals surface area (Å²) in [6.45, 7) is -0.390. The standard InChI is InChI=1S/C19H23N3O5S2/c20-29(26,27)15-10-8-14(9-11-15)21-16(23)12-22-18(24)17(28-19(22)25)13-6-4-2-1-3-5-7-13/h8-11H,1-7,12H2,(H,21,23)(H2,20,26,27). The molecule has 1 heterocycles. The van der Waals surface area contributed by atoms with Crippen LogP contribution in [0.5, 0.6) is 0 Å². The maximum atomic E-state index is 12.7. The molecule has 1 aliphatic heterocycles. The van der Waals surface area contributed by atoms with Crippen LogP contribution in [0.3, 0.4) is 0 Å². The van der Waals surface area contributed by atoms with Crippen molar-refractivity contribution in [3.8, 4) is 0 Å². The van der Waals surface area contributed by atoms with Crippen LogP contribution in [-0.4, -0.2) is 36.9 Å². The predicted molar refractivity (Wildman–Crippen MR) is 110 cm³/mol. The number of hydrogen-bond acceptors (Lipinski definition) is 6. The first-order valence-corrected chi connectivity index (χ1v) is 11.8. The highest BCUT2D eigenvalue weighted by Gasteiger charge is 2.38. The molecule has 1 saturated heterocycles. The summed E-state index contributed by atoms with van der Waals surface area (Å²) < 4.78 is 22.5. The number of primary sulfonamides is 1. The fraction of sp³-hybridized carbons (Fsp3) is 0.421. The Labute approximate surface area is 173 Å². The second-order valence-corrected chi connectivity index (χ2v) is 9.60. The largest absolute Gasteiger partial charge is 0.325 e. The highest BCUT2D eigenvalue weighted by molar-refractivity contribution is 8.18. The van der Waals surface area contributed by atoms with Gasteiger partial charge in [-0.3, -0.25) is 19.3 Å². The number of allylic oxidation sites excluding steroid dienone is 1. The molecular formula is C19H23N3O5S2. The Bertz CT molecular complexity index is 945. The zero-order valence-electron chi connectivity index (χ0n) is 15.8. The molecule has 0 unspecified atom stereocenters. The molecule has 2 aliphatic rings. The van der Waals surface area contributed by atoms with Crippen LogP contribution in [0.4, 0.5) is 10.5 Å². The zero-order valence-corrected chi connectivity index (χ0v) is 17.5. The Hall–Kier alpha value is -2.17. The summed E-state index contributed by atoms with van der Waals surface area (Å²) in [5, 5.41) is 7.15. The summed E-state index contributed by atoms with van der Waals surface area (Å²) in [6, 6.07) is 5.32. The Kier molecular flexibility index (Phi) is 6.76. The minimum Gasteiger partial charge on any atom is -0.325 e. The van der Waals surface area contributed by atoms with Gasteiger partial charge < -0.3 is 5.32 Å². The van der Waals surface area contributed by atoms with E-state index >= 15 is 0 Å². The molecule has 8 nitrogen and oxygen atoms in total. The number of sulfonamides is 1. The second-order valence-electron chi connectivity index (χ2n) is 7.08. The van der Waals surface area contributed by atoms with E-state index in [2.05, 4.69) is 5.32 Å². The normalized spacial score (nSPS) is 18.6. The molecule has 29 heavy (non-hydrogen) atoms. The van der Waals surface area contributed by atoms with E-state index in [9.17, 15) is 22.8 Å². The summed E-state index contributed by atoms with van der Waals surface area (Å²) in [5.74, 6) is -0.949. The number of amides is 3. The SMILES string of the molecule is NS(=O)(=O)c1ccc(NC(=O)CN2C(=O)SC(=C3CCCCCCC3)C2=O)cc1. The quantitative estimate of drug-likeness (QED) is 0.697. The molecule has 1 saturated carbocycles. The molecule has 0 spiro atoms. The van der Waals surface area contributed by atoms with Crippen molar-refractivity contribution in [1.29, 1.82) is 0 Å². The van der Waals surface area contributed by atoms with Crippen molar-refractivity contribution >= 4 is 44.5 Å². The number of nitrogens with two attached hydrogens (primary N) is 1. The van der Waals surface area contributed by atoms with Crippen LogP contribution in [-0.2, 0) is 19.6 Å². The highest BCUT2D eigenvalue weighted by Crippen LogP contribution is 2.37. The number of anilines is 1. The molecule has 1 aliphatic carbocycles. The van der Waals surface area contributed by atoms with Crippen molar-refractivity contribution in [2.75, 3.05) is 11.9 Å². The van der Waals surface area contributed by atoms with Crippen molar-refractivity contribution in [1.82, 2.24) is 4.90 Å². The molecule has 10 heteroatoms. The van der Waals surface area contributed by atoms with Crippen molar-refractivity contribution in [3.05, 3.63) is 34.7 Å². The summed E-state index contributed by atoms with van der Waals surface area (Å²) in [7, 11) is -3.82. The molecular weight excluding hydrogens is 414 g/mol. The van der Waals surface area contributed by atoms with E-state index in [-0.39, 0.29) is 4.90 Å². The monoisotopic (exact) mass is 437 g/mol. The van der Waals surface area contributed by atoms with Crippen molar-refractivity contribution in [2.24, 2.45) is 5.14 Å². The summed E-state index contributed by atoms with van der Waals surface area (Å²) in [5.41, 5.74) is 1.36. The van der Waals surface area contributed by atoms with E-state index < -0.39 is 33.6 Å². The number of thioether (sulfide) groups is 1. The molecule has 156 valence electrons. The van der Waals surface area contributed by atoms with Gasteiger partial charge in [0.25, 0.3) is 11.1 Å². The van der Waals surface area contributed by atoms with E-state index in [1.165, 1.54) is 30.7 Å². The predicted octanol–water partition coefficient (Wildman–Crippen LogP) is 2.97. The van der Waals surface area contributed by atoms with Gasteiger partial charge >= 0.3 is 0 Å². The lowest BCUT2D eigenvalue weighted by atomic mass is 9.96. The maximum absolute atomic E-state index is 12.7. The highest BCUT2D eigenvalue weighted by atomic mass is 32.2. The van der Waals surface area contributed by atoms with Crippen LogP contribution >= 0.6 is 11.8 Å². The molecule has 1 aromatic carbocycles. The molecule has 0 bridgehead atoms. The average Bonchev–Trinajstić information content (AvgIpc) is 2.89. The number of imide groups is 1. The van der Waals surface area contributed by atoms with Gasteiger partial charge in [-0.1, -0.05) is 24.8 Å². The Morgan fingerprint density at radius 2 is 1.62 bits per heavy atom. The van der Waals surface area contributed by atoms with Gasteiger partial charge in [-0.05, 0) is 61.7 Å². The minimum absolute atomic E-state index is 0.0766. The Morgan fingerprint density at radius 1 is 1.03 bits per heavy atom. The summed E-state index contributed by atoms with van der Waals surface area (Å²) in [4.78, 5) is 38.7. The molecule has 2 fully saturated rings. The zero-order chi connectivity index (χ0) is 21.0. The Balaban J connectivity index is 1.65. The smallest absolute Gasteiger partial charge is 0.294 e. The third-order valence-corrected chi connectivity index (χ3v) is 6.89. The number of rotatable bonds is 4. The first-order valence-electron chi connectivity index (χ1n) is 9.44. The average molecular weight is 438 g/mol. The van der Waals surface area contributed by atoms with Gasteiger partial charge in [0.2, 0.25) is 15.9 Å². The van der Waals surface area contributed by atoms with E-state index in [0.717, 1.165) is 60.8 Å². The number of carbonyl (C=O) groups excluding carboxylic acids is 3. The van der Waals surface area contributed by atoms with Gasteiger partial charge in [0.1, 0.15) is 6.54 Å². The van der Waals surface area contributed by atoms with Gasteiger partial charge in [-0.25, -0.2) is 13.6 Å². The van der Waals surface area contributed by atoms with Crippen LogP contribution in [0.2, 0.25) is 0 Å². The topological polar surface area (TPSA) is 127 Å².